The molecule has 0 atom stereocenters. The molecule has 0 radical (unpaired) electrons. The van der Waals surface area contributed by atoms with Gasteiger partial charge in [-0.25, -0.2) is 9.97 Å². The second-order valence-corrected chi connectivity index (χ2v) is 5.76. The molecular formula is C14H16N6O2. The Morgan fingerprint density at radius 1 is 1.36 bits per heavy atom. The molecule has 4 rings (SSSR count). The van der Waals surface area contributed by atoms with Crippen molar-refractivity contribution in [2.75, 3.05) is 0 Å². The number of fused-ring (bicyclic) bond motifs is 1. The molecule has 0 bridgehead atoms. The van der Waals surface area contributed by atoms with Crippen molar-refractivity contribution in [3.8, 4) is 11.4 Å². The Balaban J connectivity index is 1.80. The van der Waals surface area contributed by atoms with E-state index in [9.17, 15) is 4.79 Å². The largest absolute Gasteiger partial charge is 0.338 e. The van der Waals surface area contributed by atoms with Gasteiger partial charge in [-0.05, 0) is 19.3 Å². The van der Waals surface area contributed by atoms with Gasteiger partial charge in [0.2, 0.25) is 11.7 Å². The van der Waals surface area contributed by atoms with E-state index in [0.29, 0.717) is 17.2 Å². The standard InChI is InChI=1S/C14H16N6O2/c1-2-14(5-3-4-6-14)12-18-10(19-22-12)9-7-15-13-16-8-17-20(13)11(9)21/h7-8H,2-6H2,1H3,(H,15,16,17). The van der Waals surface area contributed by atoms with Crippen LogP contribution in [0.1, 0.15) is 44.9 Å². The minimum atomic E-state index is -0.285. The fourth-order valence-corrected chi connectivity index (χ4v) is 3.27. The average Bonchev–Trinajstić information content (AvgIpc) is 3.27. The molecular weight excluding hydrogens is 284 g/mol. The van der Waals surface area contributed by atoms with Crippen LogP contribution >= 0.6 is 0 Å². The highest BCUT2D eigenvalue weighted by molar-refractivity contribution is 5.52. The molecule has 0 unspecified atom stereocenters. The van der Waals surface area contributed by atoms with E-state index in [1.807, 2.05) is 0 Å². The summed E-state index contributed by atoms with van der Waals surface area (Å²) in [6.45, 7) is 2.14. The summed E-state index contributed by atoms with van der Waals surface area (Å²) in [4.78, 5) is 25.0. The quantitative estimate of drug-likeness (QED) is 0.789. The molecule has 0 amide bonds. The molecule has 0 aliphatic heterocycles. The molecule has 114 valence electrons. The molecule has 3 aromatic rings. The summed E-state index contributed by atoms with van der Waals surface area (Å²) in [5.74, 6) is 1.24. The zero-order chi connectivity index (χ0) is 15.2. The van der Waals surface area contributed by atoms with Gasteiger partial charge in [0.05, 0.1) is 0 Å². The van der Waals surface area contributed by atoms with Crippen molar-refractivity contribution in [3.63, 3.8) is 0 Å². The second kappa shape index (κ2) is 4.75. The van der Waals surface area contributed by atoms with Gasteiger partial charge in [-0.3, -0.25) is 9.89 Å². The van der Waals surface area contributed by atoms with Crippen molar-refractivity contribution in [1.82, 2.24) is 29.7 Å². The van der Waals surface area contributed by atoms with Crippen LogP contribution in [-0.2, 0) is 5.41 Å². The summed E-state index contributed by atoms with van der Waals surface area (Å²) in [6.07, 6.45) is 8.29. The van der Waals surface area contributed by atoms with Crippen molar-refractivity contribution >= 4 is 5.78 Å². The molecule has 22 heavy (non-hydrogen) atoms. The van der Waals surface area contributed by atoms with Gasteiger partial charge in [-0.15, -0.1) is 0 Å². The summed E-state index contributed by atoms with van der Waals surface area (Å²) in [5, 5.41) is 6.73. The average molecular weight is 300 g/mol. The third-order valence-electron chi connectivity index (χ3n) is 4.67. The molecule has 8 heteroatoms. The van der Waals surface area contributed by atoms with E-state index in [1.54, 1.807) is 0 Å². The van der Waals surface area contributed by atoms with Crippen LogP contribution in [0.3, 0.4) is 0 Å². The van der Waals surface area contributed by atoms with Gasteiger partial charge in [0.1, 0.15) is 11.9 Å². The van der Waals surface area contributed by atoms with Gasteiger partial charge in [0.15, 0.2) is 0 Å². The molecule has 1 aliphatic rings. The Kier molecular flexibility index (Phi) is 2.85. The Morgan fingerprint density at radius 3 is 2.95 bits per heavy atom. The molecule has 1 saturated carbocycles. The fourth-order valence-electron chi connectivity index (χ4n) is 3.27. The van der Waals surface area contributed by atoms with Crippen LogP contribution in [0, 0.1) is 0 Å². The monoisotopic (exact) mass is 300 g/mol. The van der Waals surface area contributed by atoms with Crippen molar-refractivity contribution in [2.45, 2.75) is 44.4 Å². The van der Waals surface area contributed by atoms with Crippen LogP contribution in [0.4, 0.5) is 0 Å². The van der Waals surface area contributed by atoms with Gasteiger partial charge < -0.3 is 4.52 Å². The zero-order valence-corrected chi connectivity index (χ0v) is 12.2. The van der Waals surface area contributed by atoms with E-state index in [1.165, 1.54) is 29.9 Å². The number of hydrogen-bond acceptors (Lipinski definition) is 6. The summed E-state index contributed by atoms with van der Waals surface area (Å²) in [6, 6.07) is 0. The minimum absolute atomic E-state index is 0.0348. The van der Waals surface area contributed by atoms with Crippen LogP contribution in [0.2, 0.25) is 0 Å². The number of hydrogen-bond donors (Lipinski definition) is 1. The fraction of sp³-hybridized carbons (Fsp3) is 0.500. The lowest BCUT2D eigenvalue weighted by molar-refractivity contribution is 0.273. The number of nitrogens with one attached hydrogen (secondary N) is 1. The number of rotatable bonds is 3. The van der Waals surface area contributed by atoms with Crippen molar-refractivity contribution in [1.29, 1.82) is 0 Å². The summed E-state index contributed by atoms with van der Waals surface area (Å²) >= 11 is 0. The lowest BCUT2D eigenvalue weighted by Crippen LogP contribution is -2.21. The van der Waals surface area contributed by atoms with Crippen LogP contribution in [-0.4, -0.2) is 29.7 Å². The molecule has 8 nitrogen and oxygen atoms in total. The highest BCUT2D eigenvalue weighted by Gasteiger charge is 2.39. The van der Waals surface area contributed by atoms with Crippen molar-refractivity contribution in [3.05, 3.63) is 28.8 Å². The van der Waals surface area contributed by atoms with E-state index < -0.39 is 0 Å². The molecule has 0 saturated heterocycles. The first-order valence-corrected chi connectivity index (χ1v) is 7.49. The van der Waals surface area contributed by atoms with E-state index in [4.69, 9.17) is 4.52 Å². The Labute approximate surface area is 125 Å². The van der Waals surface area contributed by atoms with Gasteiger partial charge in [0, 0.05) is 11.6 Å². The Hall–Kier alpha value is -2.51. The van der Waals surface area contributed by atoms with E-state index in [2.05, 4.69) is 32.1 Å². The predicted octanol–water partition coefficient (Wildman–Crippen LogP) is 1.69. The SMILES string of the molecule is CCC1(c2nc(-c3cnc4nc[nH]n4c3=O)no2)CCCC1. The maximum Gasteiger partial charge on any atom is 0.285 e. The van der Waals surface area contributed by atoms with Gasteiger partial charge in [-0.2, -0.15) is 9.50 Å². The summed E-state index contributed by atoms with van der Waals surface area (Å²) < 4.78 is 6.74. The Bertz CT molecular complexity index is 871. The maximum absolute atomic E-state index is 12.4. The molecule has 3 heterocycles. The first kappa shape index (κ1) is 13.2. The van der Waals surface area contributed by atoms with Crippen molar-refractivity contribution in [2.24, 2.45) is 0 Å². The first-order chi connectivity index (χ1) is 10.7. The summed E-state index contributed by atoms with van der Waals surface area (Å²) in [7, 11) is 0. The molecule has 0 spiro atoms. The second-order valence-electron chi connectivity index (χ2n) is 5.76. The van der Waals surface area contributed by atoms with Crippen LogP contribution in [0.5, 0.6) is 0 Å². The van der Waals surface area contributed by atoms with Gasteiger partial charge in [-0.1, -0.05) is 24.9 Å². The van der Waals surface area contributed by atoms with Crippen molar-refractivity contribution < 1.29 is 4.52 Å². The normalized spacial score (nSPS) is 17.3. The van der Waals surface area contributed by atoms with E-state index >= 15 is 0 Å². The molecule has 0 aromatic carbocycles. The van der Waals surface area contributed by atoms with Crippen LogP contribution < -0.4 is 5.56 Å². The predicted molar refractivity (Wildman–Crippen MR) is 77.3 cm³/mol. The first-order valence-electron chi connectivity index (χ1n) is 7.49. The number of aromatic amines is 1. The number of nitrogens with zero attached hydrogens (tertiary/aromatic N) is 5. The minimum Gasteiger partial charge on any atom is -0.338 e. The number of aromatic nitrogens is 6. The smallest absolute Gasteiger partial charge is 0.285 e. The van der Waals surface area contributed by atoms with Crippen LogP contribution in [0.25, 0.3) is 17.2 Å². The topological polar surface area (TPSA) is 102 Å². The summed E-state index contributed by atoms with van der Waals surface area (Å²) in [5.41, 5.74) is -0.0136. The van der Waals surface area contributed by atoms with E-state index in [0.717, 1.165) is 19.3 Å². The van der Waals surface area contributed by atoms with Gasteiger partial charge in [0.25, 0.3) is 11.3 Å². The molecule has 1 aliphatic carbocycles. The highest BCUT2D eigenvalue weighted by Crippen LogP contribution is 2.43. The molecule has 3 aromatic heterocycles. The zero-order valence-electron chi connectivity index (χ0n) is 12.2. The maximum atomic E-state index is 12.4. The van der Waals surface area contributed by atoms with Gasteiger partial charge >= 0.3 is 0 Å². The lowest BCUT2D eigenvalue weighted by Gasteiger charge is -2.21. The molecule has 1 N–H and O–H groups in total. The number of H-pyrrole nitrogens is 1. The lowest BCUT2D eigenvalue weighted by atomic mass is 9.83. The van der Waals surface area contributed by atoms with Crippen LogP contribution in [0.15, 0.2) is 21.8 Å². The Morgan fingerprint density at radius 2 is 2.18 bits per heavy atom. The highest BCUT2D eigenvalue weighted by atomic mass is 16.5. The van der Waals surface area contributed by atoms with E-state index in [-0.39, 0.29) is 16.8 Å². The third-order valence-corrected chi connectivity index (χ3v) is 4.67. The third kappa shape index (κ3) is 1.79. The molecule has 1 fully saturated rings.